The van der Waals surface area contributed by atoms with Gasteiger partial charge in [-0.05, 0) is 38.0 Å². The molecule has 0 bridgehead atoms. The van der Waals surface area contributed by atoms with Gasteiger partial charge in [0, 0.05) is 18.5 Å². The van der Waals surface area contributed by atoms with E-state index < -0.39 is 0 Å². The fourth-order valence-electron chi connectivity index (χ4n) is 3.33. The second kappa shape index (κ2) is 6.40. The van der Waals surface area contributed by atoms with Gasteiger partial charge in [-0.1, -0.05) is 31.0 Å². The van der Waals surface area contributed by atoms with Gasteiger partial charge in [-0.25, -0.2) is 4.68 Å². The van der Waals surface area contributed by atoms with Crippen LogP contribution in [-0.2, 0) is 0 Å². The van der Waals surface area contributed by atoms with Crippen LogP contribution in [0, 0.1) is 6.92 Å². The summed E-state index contributed by atoms with van der Waals surface area (Å²) in [6.45, 7) is 3.78. The van der Waals surface area contributed by atoms with E-state index in [2.05, 4.69) is 5.10 Å². The van der Waals surface area contributed by atoms with Crippen LogP contribution >= 0.6 is 11.3 Å². The maximum absolute atomic E-state index is 12.9. The molecule has 0 N–H and O–H groups in total. The summed E-state index contributed by atoms with van der Waals surface area (Å²) in [5, 5.41) is 5.74. The van der Waals surface area contributed by atoms with Crippen molar-refractivity contribution in [1.29, 1.82) is 0 Å². The molecular formula is C19H21N3OS. The molecule has 0 aliphatic carbocycles. The van der Waals surface area contributed by atoms with Crippen molar-refractivity contribution in [3.05, 3.63) is 47.0 Å². The quantitative estimate of drug-likeness (QED) is 0.693. The first-order valence-corrected chi connectivity index (χ1v) is 9.39. The number of hydrogen-bond acceptors (Lipinski definition) is 3. The summed E-state index contributed by atoms with van der Waals surface area (Å²) in [4.78, 5) is 16.8. The molecule has 4 rings (SSSR count). The second-order valence-corrected chi connectivity index (χ2v) is 7.40. The van der Waals surface area contributed by atoms with E-state index in [1.807, 2.05) is 52.9 Å². The minimum absolute atomic E-state index is 0.178. The Kier molecular flexibility index (Phi) is 4.10. The molecule has 0 unspecified atom stereocenters. The molecule has 24 heavy (non-hydrogen) atoms. The molecule has 3 aromatic rings. The van der Waals surface area contributed by atoms with Crippen molar-refractivity contribution in [1.82, 2.24) is 14.7 Å². The van der Waals surface area contributed by atoms with Gasteiger partial charge in [0.15, 0.2) is 0 Å². The predicted molar refractivity (Wildman–Crippen MR) is 98.1 cm³/mol. The molecule has 2 aromatic heterocycles. The molecular weight excluding hydrogens is 318 g/mol. The van der Waals surface area contributed by atoms with Crippen molar-refractivity contribution < 1.29 is 4.79 Å². The second-order valence-electron chi connectivity index (χ2n) is 6.37. The third kappa shape index (κ3) is 2.73. The SMILES string of the molecule is Cc1nn(-c2ccccc2)c2sc(C(=O)N3CCCCCC3)cc12. The molecule has 4 nitrogen and oxygen atoms in total. The summed E-state index contributed by atoms with van der Waals surface area (Å²) < 4.78 is 1.95. The lowest BCUT2D eigenvalue weighted by atomic mass is 10.2. The molecule has 1 aromatic carbocycles. The van der Waals surface area contributed by atoms with Crippen molar-refractivity contribution in [2.24, 2.45) is 0 Å². The Balaban J connectivity index is 1.72. The average Bonchev–Trinajstić information content (AvgIpc) is 3.04. The van der Waals surface area contributed by atoms with Gasteiger partial charge in [-0.3, -0.25) is 4.79 Å². The van der Waals surface area contributed by atoms with Gasteiger partial charge in [-0.2, -0.15) is 5.10 Å². The molecule has 0 atom stereocenters. The van der Waals surface area contributed by atoms with E-state index in [9.17, 15) is 4.79 Å². The number of rotatable bonds is 2. The van der Waals surface area contributed by atoms with Gasteiger partial charge in [0.05, 0.1) is 16.3 Å². The van der Waals surface area contributed by atoms with Crippen LogP contribution in [0.15, 0.2) is 36.4 Å². The zero-order chi connectivity index (χ0) is 16.5. The van der Waals surface area contributed by atoms with Crippen molar-refractivity contribution in [2.45, 2.75) is 32.6 Å². The first kappa shape index (κ1) is 15.4. The van der Waals surface area contributed by atoms with Crippen LogP contribution in [0.25, 0.3) is 15.9 Å². The van der Waals surface area contributed by atoms with Crippen molar-refractivity contribution in [3.63, 3.8) is 0 Å². The Morgan fingerprint density at radius 3 is 2.50 bits per heavy atom. The lowest BCUT2D eigenvalue weighted by Crippen LogP contribution is -2.31. The topological polar surface area (TPSA) is 38.1 Å². The van der Waals surface area contributed by atoms with Crippen LogP contribution in [0.5, 0.6) is 0 Å². The molecule has 124 valence electrons. The fourth-order valence-corrected chi connectivity index (χ4v) is 4.48. The van der Waals surface area contributed by atoms with Crippen molar-refractivity contribution in [2.75, 3.05) is 13.1 Å². The number of thiophene rings is 1. The Morgan fingerprint density at radius 1 is 1.08 bits per heavy atom. The van der Waals surface area contributed by atoms with E-state index in [1.165, 1.54) is 12.8 Å². The van der Waals surface area contributed by atoms with Crippen molar-refractivity contribution >= 4 is 27.5 Å². The molecule has 1 aliphatic heterocycles. The van der Waals surface area contributed by atoms with E-state index in [4.69, 9.17) is 0 Å². The molecule has 1 saturated heterocycles. The summed E-state index contributed by atoms with van der Waals surface area (Å²) in [5.74, 6) is 0.178. The number of amides is 1. The Bertz CT molecular complexity index is 858. The van der Waals surface area contributed by atoms with Gasteiger partial charge < -0.3 is 4.90 Å². The summed E-state index contributed by atoms with van der Waals surface area (Å²) in [5.41, 5.74) is 2.01. The predicted octanol–water partition coefficient (Wildman–Crippen LogP) is 4.41. The molecule has 1 amide bonds. The number of aryl methyl sites for hydroxylation is 1. The Morgan fingerprint density at radius 2 is 1.79 bits per heavy atom. The number of likely N-dealkylation sites (tertiary alicyclic amines) is 1. The summed E-state index contributed by atoms with van der Waals surface area (Å²) in [6.07, 6.45) is 4.71. The van der Waals surface area contributed by atoms with E-state index in [0.717, 1.165) is 52.4 Å². The molecule has 1 fully saturated rings. The van der Waals surface area contributed by atoms with Gasteiger partial charge in [0.25, 0.3) is 5.91 Å². The number of carbonyl (C=O) groups is 1. The van der Waals surface area contributed by atoms with Gasteiger partial charge in [-0.15, -0.1) is 11.3 Å². The standard InChI is InChI=1S/C19H21N3OS/c1-14-16-13-17(18(23)21-11-7-2-3-8-12-21)24-19(16)22(20-14)15-9-5-4-6-10-15/h4-6,9-10,13H,2-3,7-8,11-12H2,1H3. The monoisotopic (exact) mass is 339 g/mol. The molecule has 0 radical (unpaired) electrons. The molecule has 0 spiro atoms. The summed E-state index contributed by atoms with van der Waals surface area (Å²) >= 11 is 1.56. The number of nitrogens with zero attached hydrogens (tertiary/aromatic N) is 3. The Labute approximate surface area is 145 Å². The third-order valence-electron chi connectivity index (χ3n) is 4.65. The zero-order valence-corrected chi connectivity index (χ0v) is 14.7. The van der Waals surface area contributed by atoms with Crippen molar-refractivity contribution in [3.8, 4) is 5.69 Å². The van der Waals surface area contributed by atoms with Crippen LogP contribution in [-0.4, -0.2) is 33.7 Å². The largest absolute Gasteiger partial charge is 0.338 e. The third-order valence-corrected chi connectivity index (χ3v) is 5.75. The maximum atomic E-state index is 12.9. The molecule has 0 saturated carbocycles. The lowest BCUT2D eigenvalue weighted by molar-refractivity contribution is 0.0766. The highest BCUT2D eigenvalue weighted by Crippen LogP contribution is 2.31. The van der Waals surface area contributed by atoms with E-state index in [-0.39, 0.29) is 5.91 Å². The van der Waals surface area contributed by atoms with E-state index in [1.54, 1.807) is 11.3 Å². The lowest BCUT2D eigenvalue weighted by Gasteiger charge is -2.19. The highest BCUT2D eigenvalue weighted by atomic mass is 32.1. The highest BCUT2D eigenvalue weighted by molar-refractivity contribution is 7.20. The average molecular weight is 339 g/mol. The van der Waals surface area contributed by atoms with Gasteiger partial charge in [0.1, 0.15) is 4.83 Å². The number of benzene rings is 1. The minimum Gasteiger partial charge on any atom is -0.338 e. The van der Waals surface area contributed by atoms with Crippen LogP contribution in [0.1, 0.15) is 41.0 Å². The zero-order valence-electron chi connectivity index (χ0n) is 13.9. The van der Waals surface area contributed by atoms with Crippen LogP contribution < -0.4 is 0 Å². The Hall–Kier alpha value is -2.14. The smallest absolute Gasteiger partial charge is 0.264 e. The van der Waals surface area contributed by atoms with E-state index in [0.29, 0.717) is 0 Å². The first-order chi connectivity index (χ1) is 11.7. The highest BCUT2D eigenvalue weighted by Gasteiger charge is 2.22. The number of fused-ring (bicyclic) bond motifs is 1. The first-order valence-electron chi connectivity index (χ1n) is 8.58. The van der Waals surface area contributed by atoms with Gasteiger partial charge in [0.2, 0.25) is 0 Å². The number of para-hydroxylation sites is 1. The molecule has 5 heteroatoms. The maximum Gasteiger partial charge on any atom is 0.264 e. The molecule has 3 heterocycles. The minimum atomic E-state index is 0.178. The normalized spacial score (nSPS) is 15.6. The summed E-state index contributed by atoms with van der Waals surface area (Å²) in [7, 11) is 0. The number of carbonyl (C=O) groups excluding carboxylic acids is 1. The fraction of sp³-hybridized carbons (Fsp3) is 0.368. The molecule has 1 aliphatic rings. The van der Waals surface area contributed by atoms with E-state index >= 15 is 0 Å². The van der Waals surface area contributed by atoms with Gasteiger partial charge >= 0.3 is 0 Å². The van der Waals surface area contributed by atoms with Crippen LogP contribution in [0.2, 0.25) is 0 Å². The number of hydrogen-bond donors (Lipinski definition) is 0. The van der Waals surface area contributed by atoms with Crippen LogP contribution in [0.3, 0.4) is 0 Å². The number of aromatic nitrogens is 2. The van der Waals surface area contributed by atoms with Crippen LogP contribution in [0.4, 0.5) is 0 Å². The summed E-state index contributed by atoms with van der Waals surface area (Å²) in [6, 6.07) is 12.1.